The molecule has 2 N–H and O–H groups in total. The van der Waals surface area contributed by atoms with E-state index in [9.17, 15) is 0 Å². The summed E-state index contributed by atoms with van der Waals surface area (Å²) >= 11 is 1.79. The van der Waals surface area contributed by atoms with E-state index in [-0.39, 0.29) is 0 Å². The van der Waals surface area contributed by atoms with Crippen molar-refractivity contribution in [1.82, 2.24) is 9.78 Å². The van der Waals surface area contributed by atoms with Crippen molar-refractivity contribution in [3.05, 3.63) is 5.69 Å². The highest BCUT2D eigenvalue weighted by Crippen LogP contribution is 2.27. The maximum atomic E-state index is 5.92. The predicted molar refractivity (Wildman–Crippen MR) is 58.1 cm³/mol. The Labute approximate surface area is 83.7 Å². The molecule has 0 aliphatic heterocycles. The molecular weight excluding hydrogens is 182 g/mol. The second-order valence-corrected chi connectivity index (χ2v) is 4.05. The fraction of sp³-hybridized carbons (Fsp3) is 0.667. The van der Waals surface area contributed by atoms with E-state index in [1.54, 1.807) is 11.8 Å². The minimum atomic E-state index is 0.848. The standard InChI is InChI=1S/C9H17N3S/c1-4-6-13-9-8(10)7(3)11-12(9)5-2/h4-6,10H2,1-3H3. The van der Waals surface area contributed by atoms with Gasteiger partial charge in [0.2, 0.25) is 0 Å². The van der Waals surface area contributed by atoms with E-state index in [1.807, 2.05) is 11.6 Å². The van der Waals surface area contributed by atoms with Crippen molar-refractivity contribution >= 4 is 17.4 Å². The number of hydrogen-bond donors (Lipinski definition) is 1. The van der Waals surface area contributed by atoms with Gasteiger partial charge in [-0.05, 0) is 26.0 Å². The summed E-state index contributed by atoms with van der Waals surface area (Å²) in [6.45, 7) is 7.10. The SMILES string of the molecule is CCCSc1c(N)c(C)nn1CC. The number of aromatic nitrogens is 2. The highest BCUT2D eigenvalue weighted by Gasteiger charge is 2.10. The quantitative estimate of drug-likeness (QED) is 0.757. The van der Waals surface area contributed by atoms with Crippen molar-refractivity contribution in [2.24, 2.45) is 0 Å². The second-order valence-electron chi connectivity index (χ2n) is 2.97. The molecule has 1 aromatic heterocycles. The predicted octanol–water partition coefficient (Wildman–Crippen LogP) is 2.30. The van der Waals surface area contributed by atoms with E-state index in [0.29, 0.717) is 0 Å². The Morgan fingerprint density at radius 3 is 2.69 bits per heavy atom. The molecule has 0 aromatic carbocycles. The molecule has 1 heterocycles. The molecule has 0 radical (unpaired) electrons. The number of rotatable bonds is 4. The average molecular weight is 199 g/mol. The molecule has 0 aliphatic carbocycles. The Kier molecular flexibility index (Phi) is 3.66. The largest absolute Gasteiger partial charge is 0.395 e. The van der Waals surface area contributed by atoms with E-state index in [4.69, 9.17) is 5.73 Å². The first-order valence-corrected chi connectivity index (χ1v) is 5.64. The Hall–Kier alpha value is -0.640. The van der Waals surface area contributed by atoms with Gasteiger partial charge in [-0.15, -0.1) is 11.8 Å². The first-order valence-electron chi connectivity index (χ1n) is 4.66. The lowest BCUT2D eigenvalue weighted by atomic mass is 10.4. The molecule has 1 rings (SSSR count). The summed E-state index contributed by atoms with van der Waals surface area (Å²) in [6, 6.07) is 0. The van der Waals surface area contributed by atoms with E-state index in [1.165, 1.54) is 0 Å². The van der Waals surface area contributed by atoms with Crippen molar-refractivity contribution in [3.8, 4) is 0 Å². The zero-order chi connectivity index (χ0) is 9.84. The monoisotopic (exact) mass is 199 g/mol. The molecular formula is C9H17N3S. The Morgan fingerprint density at radius 2 is 2.15 bits per heavy atom. The number of anilines is 1. The van der Waals surface area contributed by atoms with Crippen molar-refractivity contribution in [2.75, 3.05) is 11.5 Å². The molecule has 0 saturated carbocycles. The zero-order valence-corrected chi connectivity index (χ0v) is 9.32. The third-order valence-electron chi connectivity index (χ3n) is 1.87. The number of aryl methyl sites for hydroxylation is 2. The fourth-order valence-electron chi connectivity index (χ4n) is 1.14. The van der Waals surface area contributed by atoms with Crippen molar-refractivity contribution in [3.63, 3.8) is 0 Å². The lowest BCUT2D eigenvalue weighted by molar-refractivity contribution is 0.602. The Morgan fingerprint density at radius 1 is 1.46 bits per heavy atom. The van der Waals surface area contributed by atoms with Gasteiger partial charge in [0.15, 0.2) is 0 Å². The van der Waals surface area contributed by atoms with E-state index >= 15 is 0 Å². The number of nitrogens with two attached hydrogens (primary N) is 1. The zero-order valence-electron chi connectivity index (χ0n) is 8.50. The fourth-order valence-corrected chi connectivity index (χ4v) is 2.16. The van der Waals surface area contributed by atoms with Gasteiger partial charge in [0, 0.05) is 6.54 Å². The Bertz CT molecular complexity index is 281. The van der Waals surface area contributed by atoms with Crippen LogP contribution in [0.5, 0.6) is 0 Å². The summed E-state index contributed by atoms with van der Waals surface area (Å²) in [6.07, 6.45) is 1.16. The van der Waals surface area contributed by atoms with Crippen LogP contribution >= 0.6 is 11.8 Å². The van der Waals surface area contributed by atoms with Gasteiger partial charge in [-0.3, -0.25) is 4.68 Å². The maximum Gasteiger partial charge on any atom is 0.117 e. The molecule has 0 fully saturated rings. The topological polar surface area (TPSA) is 43.8 Å². The van der Waals surface area contributed by atoms with Crippen LogP contribution in [0, 0.1) is 6.92 Å². The van der Waals surface area contributed by atoms with Gasteiger partial charge in [-0.25, -0.2) is 0 Å². The highest BCUT2D eigenvalue weighted by atomic mass is 32.2. The summed E-state index contributed by atoms with van der Waals surface area (Å²) in [5.74, 6) is 1.11. The van der Waals surface area contributed by atoms with Gasteiger partial charge in [0.05, 0.1) is 11.4 Å². The van der Waals surface area contributed by atoms with Crippen LogP contribution in [0.25, 0.3) is 0 Å². The van der Waals surface area contributed by atoms with Gasteiger partial charge >= 0.3 is 0 Å². The number of hydrogen-bond acceptors (Lipinski definition) is 3. The molecule has 0 bridgehead atoms. The smallest absolute Gasteiger partial charge is 0.117 e. The lowest BCUT2D eigenvalue weighted by Crippen LogP contribution is -1.99. The van der Waals surface area contributed by atoms with Crippen LogP contribution in [0.1, 0.15) is 26.0 Å². The third-order valence-corrected chi connectivity index (χ3v) is 3.18. The van der Waals surface area contributed by atoms with Crippen LogP contribution in [0.3, 0.4) is 0 Å². The van der Waals surface area contributed by atoms with Gasteiger partial charge in [-0.2, -0.15) is 5.10 Å². The van der Waals surface area contributed by atoms with Crippen LogP contribution in [0.2, 0.25) is 0 Å². The van der Waals surface area contributed by atoms with Gasteiger partial charge in [0.1, 0.15) is 5.03 Å². The van der Waals surface area contributed by atoms with Crippen LogP contribution in [0.4, 0.5) is 5.69 Å². The molecule has 0 spiro atoms. The molecule has 0 saturated heterocycles. The summed E-state index contributed by atoms with van der Waals surface area (Å²) < 4.78 is 1.98. The summed E-state index contributed by atoms with van der Waals surface area (Å²) in [7, 11) is 0. The molecule has 1 aromatic rings. The normalized spacial score (nSPS) is 10.7. The third kappa shape index (κ3) is 2.18. The lowest BCUT2D eigenvalue weighted by Gasteiger charge is -2.03. The van der Waals surface area contributed by atoms with Crippen LogP contribution < -0.4 is 5.73 Å². The van der Waals surface area contributed by atoms with E-state index < -0.39 is 0 Å². The first kappa shape index (κ1) is 10.4. The maximum absolute atomic E-state index is 5.92. The van der Waals surface area contributed by atoms with Gasteiger partial charge in [0.25, 0.3) is 0 Å². The molecule has 0 unspecified atom stereocenters. The second kappa shape index (κ2) is 4.56. The summed E-state index contributed by atoms with van der Waals surface area (Å²) in [4.78, 5) is 0. The molecule has 13 heavy (non-hydrogen) atoms. The van der Waals surface area contributed by atoms with Crippen LogP contribution in [0.15, 0.2) is 5.03 Å². The van der Waals surface area contributed by atoms with Gasteiger partial charge in [-0.1, -0.05) is 6.92 Å². The summed E-state index contributed by atoms with van der Waals surface area (Å²) in [5, 5.41) is 5.48. The first-order chi connectivity index (χ1) is 6.20. The van der Waals surface area contributed by atoms with E-state index in [2.05, 4.69) is 18.9 Å². The number of thioether (sulfide) groups is 1. The molecule has 3 nitrogen and oxygen atoms in total. The van der Waals surface area contributed by atoms with Crippen molar-refractivity contribution in [1.29, 1.82) is 0 Å². The molecule has 0 amide bonds. The van der Waals surface area contributed by atoms with Gasteiger partial charge < -0.3 is 5.73 Å². The van der Waals surface area contributed by atoms with Crippen molar-refractivity contribution in [2.45, 2.75) is 38.8 Å². The molecule has 0 atom stereocenters. The van der Waals surface area contributed by atoms with Crippen LogP contribution in [-0.2, 0) is 6.54 Å². The van der Waals surface area contributed by atoms with E-state index in [0.717, 1.165) is 35.1 Å². The number of nitrogen functional groups attached to an aromatic ring is 1. The molecule has 74 valence electrons. The minimum absolute atomic E-state index is 0.848. The minimum Gasteiger partial charge on any atom is -0.395 e. The van der Waals surface area contributed by atoms with Crippen molar-refractivity contribution < 1.29 is 0 Å². The number of nitrogens with zero attached hydrogens (tertiary/aromatic N) is 2. The van der Waals surface area contributed by atoms with Crippen LogP contribution in [-0.4, -0.2) is 15.5 Å². The molecule has 0 aliphatic rings. The highest BCUT2D eigenvalue weighted by molar-refractivity contribution is 7.99. The molecule has 4 heteroatoms. The summed E-state index contributed by atoms with van der Waals surface area (Å²) in [5.41, 5.74) is 7.71. The Balaban J connectivity index is 2.88. The average Bonchev–Trinajstić information content (AvgIpc) is 2.40.